The van der Waals surface area contributed by atoms with E-state index in [0.29, 0.717) is 0 Å². The maximum atomic E-state index is 12.4. The number of ether oxygens (including phenoxy) is 2. The topological polar surface area (TPSA) is 145 Å². The summed E-state index contributed by atoms with van der Waals surface area (Å²) in [4.78, 5) is 60.3. The fourth-order valence-electron chi connectivity index (χ4n) is 3.01. The maximum absolute atomic E-state index is 12.4. The summed E-state index contributed by atoms with van der Waals surface area (Å²) in [5.41, 5.74) is 0.295. The molecule has 0 saturated heterocycles. The summed E-state index contributed by atoms with van der Waals surface area (Å²) in [6, 6.07) is 8.52. The molecule has 0 fully saturated rings. The van der Waals surface area contributed by atoms with Crippen LogP contribution in [-0.4, -0.2) is 53.3 Å². The maximum Gasteiger partial charge on any atom is 0.329 e. The van der Waals surface area contributed by atoms with Crippen LogP contribution in [0.15, 0.2) is 42.5 Å². The van der Waals surface area contributed by atoms with Crippen molar-refractivity contribution < 1.29 is 33.6 Å². The molecule has 11 nitrogen and oxygen atoms in total. The fourth-order valence-corrected chi connectivity index (χ4v) is 3.01. The first-order valence-corrected chi connectivity index (χ1v) is 9.00. The third-order valence-electron chi connectivity index (χ3n) is 4.57. The van der Waals surface area contributed by atoms with Gasteiger partial charge in [0.15, 0.2) is 6.61 Å². The highest BCUT2D eigenvalue weighted by Crippen LogP contribution is 2.29. The van der Waals surface area contributed by atoms with Gasteiger partial charge in [-0.05, 0) is 25.1 Å². The third kappa shape index (κ3) is 4.20. The van der Waals surface area contributed by atoms with Crippen molar-refractivity contribution in [3.63, 3.8) is 0 Å². The molecule has 0 unspecified atom stereocenters. The number of imide groups is 1. The van der Waals surface area contributed by atoms with Crippen LogP contribution in [0, 0.1) is 10.1 Å². The molecule has 0 saturated carbocycles. The van der Waals surface area contributed by atoms with Crippen LogP contribution in [0.2, 0.25) is 0 Å². The van der Waals surface area contributed by atoms with Crippen LogP contribution >= 0.6 is 0 Å². The van der Waals surface area contributed by atoms with Crippen LogP contribution in [0.5, 0.6) is 5.75 Å². The molecule has 3 rings (SSSR count). The van der Waals surface area contributed by atoms with Gasteiger partial charge in [-0.3, -0.25) is 29.4 Å². The van der Waals surface area contributed by atoms with Crippen LogP contribution < -0.4 is 10.1 Å². The van der Waals surface area contributed by atoms with E-state index in [0.717, 1.165) is 11.0 Å². The zero-order valence-corrected chi connectivity index (χ0v) is 16.5. The number of fused-ring (bicyclic) bond motifs is 1. The summed E-state index contributed by atoms with van der Waals surface area (Å²) < 4.78 is 9.95. The number of rotatable bonds is 7. The second-order valence-electron chi connectivity index (χ2n) is 6.50. The molecule has 1 atom stereocenters. The number of esters is 1. The monoisotopic (exact) mass is 427 g/mol. The number of nitro benzene ring substituents is 1. The lowest BCUT2D eigenvalue weighted by atomic mass is 10.1. The average Bonchev–Trinajstić information content (AvgIpc) is 3.02. The number of carbonyl (C=O) groups excluding carboxylic acids is 4. The molecule has 2 aromatic carbocycles. The number of non-ortho nitro benzene ring substituents is 1. The van der Waals surface area contributed by atoms with Crippen LogP contribution in [0.3, 0.4) is 0 Å². The highest BCUT2D eigenvalue weighted by atomic mass is 16.6. The van der Waals surface area contributed by atoms with Gasteiger partial charge in [0.1, 0.15) is 11.8 Å². The van der Waals surface area contributed by atoms with E-state index in [2.05, 4.69) is 5.32 Å². The van der Waals surface area contributed by atoms with Crippen LogP contribution in [0.25, 0.3) is 0 Å². The Morgan fingerprint density at radius 3 is 2.29 bits per heavy atom. The van der Waals surface area contributed by atoms with Crippen molar-refractivity contribution in [1.82, 2.24) is 4.90 Å². The number of anilines is 1. The van der Waals surface area contributed by atoms with Gasteiger partial charge in [-0.25, -0.2) is 4.79 Å². The molecule has 0 bridgehead atoms. The largest absolute Gasteiger partial charge is 0.494 e. The molecule has 1 aliphatic rings. The fraction of sp³-hybridized carbons (Fsp3) is 0.200. The third-order valence-corrected chi connectivity index (χ3v) is 4.57. The Hall–Kier alpha value is -4.28. The molecule has 0 spiro atoms. The van der Waals surface area contributed by atoms with Gasteiger partial charge in [-0.1, -0.05) is 12.1 Å². The van der Waals surface area contributed by atoms with E-state index in [1.807, 2.05) is 0 Å². The van der Waals surface area contributed by atoms with E-state index in [1.54, 1.807) is 12.1 Å². The molecule has 1 aliphatic heterocycles. The summed E-state index contributed by atoms with van der Waals surface area (Å²) in [6.45, 7) is 0.619. The highest BCUT2D eigenvalue weighted by molar-refractivity contribution is 6.22. The summed E-state index contributed by atoms with van der Waals surface area (Å²) in [6.07, 6.45) is 0. The SMILES string of the molecule is COc1cc([N+](=O)[O-])ccc1NC(=O)COC(=O)[C@@H](C)N1C(=O)c2ccccc2C1=O. The van der Waals surface area contributed by atoms with E-state index in [4.69, 9.17) is 9.47 Å². The van der Waals surface area contributed by atoms with Crippen LogP contribution in [-0.2, 0) is 14.3 Å². The lowest BCUT2D eigenvalue weighted by Gasteiger charge is -2.20. The molecule has 11 heteroatoms. The Balaban J connectivity index is 1.61. The van der Waals surface area contributed by atoms with Gasteiger partial charge in [0.2, 0.25) is 0 Å². The van der Waals surface area contributed by atoms with Crippen molar-refractivity contribution in [3.05, 3.63) is 63.7 Å². The number of methoxy groups -OCH3 is 1. The second-order valence-corrected chi connectivity index (χ2v) is 6.50. The number of nitrogens with zero attached hydrogens (tertiary/aromatic N) is 2. The van der Waals surface area contributed by atoms with Crippen molar-refractivity contribution >= 4 is 35.1 Å². The van der Waals surface area contributed by atoms with Crippen molar-refractivity contribution in [2.75, 3.05) is 19.0 Å². The summed E-state index contributed by atoms with van der Waals surface area (Å²) in [5.74, 6) is -2.88. The molecule has 2 aromatic rings. The van der Waals surface area contributed by atoms with E-state index in [1.165, 1.54) is 38.3 Å². The normalized spacial score (nSPS) is 13.4. The Labute approximate surface area is 175 Å². The number of hydrogen-bond donors (Lipinski definition) is 1. The minimum atomic E-state index is -1.24. The first-order valence-electron chi connectivity index (χ1n) is 9.00. The smallest absolute Gasteiger partial charge is 0.329 e. The first kappa shape index (κ1) is 21.4. The van der Waals surface area contributed by atoms with Crippen molar-refractivity contribution in [2.24, 2.45) is 0 Å². The zero-order chi connectivity index (χ0) is 22.7. The van der Waals surface area contributed by atoms with Crippen LogP contribution in [0.1, 0.15) is 27.6 Å². The van der Waals surface area contributed by atoms with Gasteiger partial charge >= 0.3 is 5.97 Å². The number of nitrogens with one attached hydrogen (secondary N) is 1. The summed E-state index contributed by atoms with van der Waals surface area (Å²) in [5, 5.41) is 13.2. The number of amides is 3. The van der Waals surface area contributed by atoms with Gasteiger partial charge in [-0.15, -0.1) is 0 Å². The number of hydrogen-bond acceptors (Lipinski definition) is 8. The Morgan fingerprint density at radius 1 is 1.13 bits per heavy atom. The van der Waals surface area contributed by atoms with Crippen molar-refractivity contribution in [2.45, 2.75) is 13.0 Å². The lowest BCUT2D eigenvalue weighted by Crippen LogP contribution is -2.44. The van der Waals surface area contributed by atoms with Gasteiger partial charge in [0.25, 0.3) is 23.4 Å². The lowest BCUT2D eigenvalue weighted by molar-refractivity contribution is -0.384. The standard InChI is InChI=1S/C20H17N3O8/c1-11(22-18(25)13-5-3-4-6-14(13)19(22)26)20(27)31-10-17(24)21-15-8-7-12(23(28)29)9-16(15)30-2/h3-9,11H,10H2,1-2H3,(H,21,24)/t11-/m1/s1. The molecular formula is C20H17N3O8. The average molecular weight is 427 g/mol. The molecule has 31 heavy (non-hydrogen) atoms. The number of benzene rings is 2. The van der Waals surface area contributed by atoms with Crippen molar-refractivity contribution in [1.29, 1.82) is 0 Å². The highest BCUT2D eigenvalue weighted by Gasteiger charge is 2.41. The number of carbonyl (C=O) groups is 4. The summed E-state index contributed by atoms with van der Waals surface area (Å²) >= 11 is 0. The Kier molecular flexibility index (Phi) is 5.95. The minimum absolute atomic E-state index is 0.0493. The Morgan fingerprint density at radius 2 is 1.74 bits per heavy atom. The van der Waals surface area contributed by atoms with E-state index in [9.17, 15) is 29.3 Å². The molecule has 160 valence electrons. The molecule has 1 N–H and O–H groups in total. The molecular weight excluding hydrogens is 410 g/mol. The quantitative estimate of drug-likeness (QED) is 0.305. The Bertz CT molecular complexity index is 1060. The second kappa shape index (κ2) is 8.61. The molecule has 0 radical (unpaired) electrons. The zero-order valence-electron chi connectivity index (χ0n) is 16.5. The van der Waals surface area contributed by atoms with Gasteiger partial charge in [-0.2, -0.15) is 0 Å². The molecule has 3 amide bonds. The predicted octanol–water partition coefficient (Wildman–Crippen LogP) is 1.77. The van der Waals surface area contributed by atoms with Gasteiger partial charge in [0, 0.05) is 6.07 Å². The van der Waals surface area contributed by atoms with Gasteiger partial charge in [0.05, 0.1) is 34.9 Å². The molecule has 0 aromatic heterocycles. The molecule has 0 aliphatic carbocycles. The van der Waals surface area contributed by atoms with E-state index in [-0.39, 0.29) is 28.3 Å². The van der Waals surface area contributed by atoms with E-state index < -0.39 is 41.3 Å². The van der Waals surface area contributed by atoms with Crippen molar-refractivity contribution in [3.8, 4) is 5.75 Å². The van der Waals surface area contributed by atoms with Crippen LogP contribution in [0.4, 0.5) is 11.4 Å². The number of nitro groups is 1. The predicted molar refractivity (Wildman–Crippen MR) is 106 cm³/mol. The summed E-state index contributed by atoms with van der Waals surface area (Å²) in [7, 11) is 1.28. The first-order chi connectivity index (χ1) is 14.7. The minimum Gasteiger partial charge on any atom is -0.494 e. The van der Waals surface area contributed by atoms with Gasteiger partial charge < -0.3 is 14.8 Å². The molecule has 1 heterocycles. The van der Waals surface area contributed by atoms with E-state index >= 15 is 0 Å².